The number of ether oxygens (including phenoxy) is 2. The van der Waals surface area contributed by atoms with Crippen LogP contribution >= 0.6 is 0 Å². The molecule has 1 unspecified atom stereocenters. The molecule has 1 aromatic rings. The van der Waals surface area contributed by atoms with Gasteiger partial charge in [0, 0.05) is 22.6 Å². The molecular weight excluding hydrogens is 226 g/mol. The maximum atomic E-state index is 6.16. The van der Waals surface area contributed by atoms with Crippen molar-refractivity contribution in [2.45, 2.75) is 44.6 Å². The molecule has 2 rings (SSSR count). The summed E-state index contributed by atoms with van der Waals surface area (Å²) in [7, 11) is 3.43. The van der Waals surface area contributed by atoms with Gasteiger partial charge in [0.15, 0.2) is 0 Å². The monoisotopic (exact) mass is 249 g/mol. The minimum Gasteiger partial charge on any atom is -0.496 e. The van der Waals surface area contributed by atoms with Crippen molar-refractivity contribution in [3.8, 4) is 11.5 Å². The van der Waals surface area contributed by atoms with Gasteiger partial charge in [0.2, 0.25) is 0 Å². The molecule has 1 aliphatic carbocycles. The summed E-state index contributed by atoms with van der Waals surface area (Å²) >= 11 is 0. The van der Waals surface area contributed by atoms with Gasteiger partial charge >= 0.3 is 0 Å². The van der Waals surface area contributed by atoms with Crippen LogP contribution in [-0.2, 0) is 11.8 Å². The summed E-state index contributed by atoms with van der Waals surface area (Å²) in [6, 6.07) is 4.32. The predicted molar refractivity (Wildman–Crippen MR) is 73.5 cm³/mol. The second kappa shape index (κ2) is 4.81. The van der Waals surface area contributed by atoms with Crippen LogP contribution in [0.3, 0.4) is 0 Å². The van der Waals surface area contributed by atoms with Crippen molar-refractivity contribution >= 4 is 0 Å². The number of hydrogen-bond acceptors (Lipinski definition) is 3. The average Bonchev–Trinajstić information content (AvgIpc) is 3.18. The zero-order valence-corrected chi connectivity index (χ0v) is 11.7. The molecule has 0 spiro atoms. The first kappa shape index (κ1) is 13.2. The Balaban J connectivity index is 2.55. The highest BCUT2D eigenvalue weighted by molar-refractivity contribution is 5.55. The van der Waals surface area contributed by atoms with Crippen LogP contribution in [0.25, 0.3) is 0 Å². The van der Waals surface area contributed by atoms with Crippen LogP contribution in [-0.4, -0.2) is 20.3 Å². The number of methoxy groups -OCH3 is 2. The van der Waals surface area contributed by atoms with Gasteiger partial charge in [-0.1, -0.05) is 13.0 Å². The molecule has 0 aliphatic heterocycles. The molecule has 3 heteroatoms. The second-order valence-electron chi connectivity index (χ2n) is 5.13. The number of nitrogens with two attached hydrogens (primary N) is 1. The molecule has 0 saturated heterocycles. The van der Waals surface area contributed by atoms with Gasteiger partial charge < -0.3 is 15.2 Å². The van der Waals surface area contributed by atoms with Crippen LogP contribution in [0.5, 0.6) is 11.5 Å². The first-order valence-electron chi connectivity index (χ1n) is 6.60. The Hall–Kier alpha value is -1.22. The third-order valence-electron chi connectivity index (χ3n) is 4.19. The largest absolute Gasteiger partial charge is 0.496 e. The Morgan fingerprint density at radius 3 is 2.33 bits per heavy atom. The molecule has 0 bridgehead atoms. The zero-order valence-electron chi connectivity index (χ0n) is 11.7. The van der Waals surface area contributed by atoms with Gasteiger partial charge in [-0.3, -0.25) is 0 Å². The van der Waals surface area contributed by atoms with Gasteiger partial charge in [-0.05, 0) is 32.3 Å². The van der Waals surface area contributed by atoms with Crippen molar-refractivity contribution in [1.29, 1.82) is 0 Å². The maximum Gasteiger partial charge on any atom is 0.129 e. The van der Waals surface area contributed by atoms with E-state index < -0.39 is 0 Å². The summed E-state index contributed by atoms with van der Waals surface area (Å²) < 4.78 is 11.1. The molecule has 0 amide bonds. The molecule has 0 heterocycles. The lowest BCUT2D eigenvalue weighted by Crippen LogP contribution is -2.32. The molecule has 18 heavy (non-hydrogen) atoms. The normalized spacial score (nSPS) is 18.3. The Labute approximate surface area is 109 Å². The first-order chi connectivity index (χ1) is 8.60. The van der Waals surface area contributed by atoms with E-state index in [4.69, 9.17) is 15.2 Å². The highest BCUT2D eigenvalue weighted by Gasteiger charge is 2.49. The van der Waals surface area contributed by atoms with Crippen LogP contribution < -0.4 is 15.2 Å². The SMILES string of the molecule is CCc1c(OC)ccc(C2(C(C)N)CC2)c1OC. The van der Waals surface area contributed by atoms with E-state index in [1.165, 1.54) is 5.56 Å². The van der Waals surface area contributed by atoms with Gasteiger partial charge in [0.1, 0.15) is 11.5 Å². The molecule has 2 N–H and O–H groups in total. The van der Waals surface area contributed by atoms with Crippen LogP contribution in [0.4, 0.5) is 0 Å². The summed E-state index contributed by atoms with van der Waals surface area (Å²) in [5.74, 6) is 1.87. The zero-order chi connectivity index (χ0) is 13.3. The number of rotatable bonds is 5. The fourth-order valence-electron chi connectivity index (χ4n) is 2.87. The quantitative estimate of drug-likeness (QED) is 0.872. The number of benzene rings is 1. The van der Waals surface area contributed by atoms with E-state index in [2.05, 4.69) is 19.9 Å². The summed E-state index contributed by atoms with van der Waals surface area (Å²) in [6.45, 7) is 4.21. The Morgan fingerprint density at radius 2 is 1.94 bits per heavy atom. The lowest BCUT2D eigenvalue weighted by molar-refractivity contribution is 0.376. The topological polar surface area (TPSA) is 44.5 Å². The molecule has 1 atom stereocenters. The summed E-state index contributed by atoms with van der Waals surface area (Å²) in [4.78, 5) is 0. The maximum absolute atomic E-state index is 6.16. The van der Waals surface area contributed by atoms with Crippen molar-refractivity contribution in [2.75, 3.05) is 14.2 Å². The number of hydrogen-bond donors (Lipinski definition) is 1. The molecule has 1 aliphatic rings. The van der Waals surface area contributed by atoms with Gasteiger partial charge in [0.25, 0.3) is 0 Å². The van der Waals surface area contributed by atoms with Crippen LogP contribution in [0.2, 0.25) is 0 Å². The van der Waals surface area contributed by atoms with Crippen molar-refractivity contribution in [1.82, 2.24) is 0 Å². The van der Waals surface area contributed by atoms with E-state index in [0.29, 0.717) is 0 Å². The lowest BCUT2D eigenvalue weighted by atomic mass is 9.87. The van der Waals surface area contributed by atoms with Gasteiger partial charge in [-0.25, -0.2) is 0 Å². The van der Waals surface area contributed by atoms with Crippen molar-refractivity contribution in [2.24, 2.45) is 5.73 Å². The minimum absolute atomic E-state index is 0.113. The molecule has 3 nitrogen and oxygen atoms in total. The summed E-state index contributed by atoms with van der Waals surface area (Å²) in [6.07, 6.45) is 3.20. The van der Waals surface area contributed by atoms with E-state index in [0.717, 1.165) is 36.3 Å². The molecule has 0 radical (unpaired) electrons. The molecule has 0 aromatic heterocycles. The molecule has 1 saturated carbocycles. The summed E-state index contributed by atoms with van der Waals surface area (Å²) in [5, 5.41) is 0. The average molecular weight is 249 g/mol. The van der Waals surface area contributed by atoms with Crippen molar-refractivity contribution in [3.05, 3.63) is 23.3 Å². The Bertz CT molecular complexity index is 436. The summed E-state index contributed by atoms with van der Waals surface area (Å²) in [5.41, 5.74) is 8.67. The third-order valence-corrected chi connectivity index (χ3v) is 4.19. The van der Waals surface area contributed by atoms with Crippen LogP contribution in [0, 0.1) is 0 Å². The molecule has 1 fully saturated rings. The highest BCUT2D eigenvalue weighted by Crippen LogP contribution is 2.54. The minimum atomic E-state index is 0.113. The van der Waals surface area contributed by atoms with Gasteiger partial charge in [-0.2, -0.15) is 0 Å². The Kier molecular flexibility index (Phi) is 3.53. The fourth-order valence-corrected chi connectivity index (χ4v) is 2.87. The second-order valence-corrected chi connectivity index (χ2v) is 5.13. The highest BCUT2D eigenvalue weighted by atomic mass is 16.5. The molecule has 100 valence electrons. The van der Waals surface area contributed by atoms with E-state index in [1.54, 1.807) is 14.2 Å². The molecule has 1 aromatic carbocycles. The van der Waals surface area contributed by atoms with E-state index in [9.17, 15) is 0 Å². The van der Waals surface area contributed by atoms with Crippen LogP contribution in [0.15, 0.2) is 12.1 Å². The van der Waals surface area contributed by atoms with Crippen molar-refractivity contribution in [3.63, 3.8) is 0 Å². The van der Waals surface area contributed by atoms with Gasteiger partial charge in [-0.15, -0.1) is 0 Å². The van der Waals surface area contributed by atoms with E-state index >= 15 is 0 Å². The first-order valence-corrected chi connectivity index (χ1v) is 6.60. The smallest absolute Gasteiger partial charge is 0.129 e. The van der Waals surface area contributed by atoms with E-state index in [1.807, 2.05) is 6.07 Å². The third kappa shape index (κ3) is 1.87. The predicted octanol–water partition coefficient (Wildman–Crippen LogP) is 2.65. The van der Waals surface area contributed by atoms with E-state index in [-0.39, 0.29) is 11.5 Å². The fraction of sp³-hybridized carbons (Fsp3) is 0.600. The van der Waals surface area contributed by atoms with Crippen LogP contribution in [0.1, 0.15) is 37.8 Å². The van der Waals surface area contributed by atoms with Gasteiger partial charge in [0.05, 0.1) is 14.2 Å². The van der Waals surface area contributed by atoms with Crippen molar-refractivity contribution < 1.29 is 9.47 Å². The molecular formula is C15H23NO2. The Morgan fingerprint density at radius 1 is 1.28 bits per heavy atom. The lowest BCUT2D eigenvalue weighted by Gasteiger charge is -2.25. The standard InChI is InChI=1S/C15H23NO2/c1-5-11-13(17-3)7-6-12(14(11)18-4)15(8-9-15)10(2)16/h6-7,10H,5,8-9,16H2,1-4H3.